The van der Waals surface area contributed by atoms with Crippen molar-refractivity contribution in [3.05, 3.63) is 47.3 Å². The lowest BCUT2D eigenvalue weighted by Gasteiger charge is -2.09. The number of rotatable bonds is 3. The van der Waals surface area contributed by atoms with Crippen LogP contribution in [0.4, 0.5) is 18.9 Å². The molecular weight excluding hydrogens is 319 g/mol. The third kappa shape index (κ3) is 2.99. The van der Waals surface area contributed by atoms with Crippen LogP contribution in [0.15, 0.2) is 29.4 Å². The van der Waals surface area contributed by atoms with Crippen LogP contribution in [-0.2, 0) is 10.0 Å². The van der Waals surface area contributed by atoms with Gasteiger partial charge in [-0.25, -0.2) is 31.6 Å². The SMILES string of the molecule is O=S(=O)(Nc1c(F)cc(F)cc1F)c1cnc(Cl)nc1. The summed E-state index contributed by atoms with van der Waals surface area (Å²) in [6, 6.07) is 0.693. The van der Waals surface area contributed by atoms with Gasteiger partial charge in [0.1, 0.15) is 16.4 Å². The Morgan fingerprint density at radius 1 is 1.05 bits per heavy atom. The van der Waals surface area contributed by atoms with Gasteiger partial charge in [0.2, 0.25) is 5.28 Å². The Bertz CT molecular complexity index is 730. The van der Waals surface area contributed by atoms with Gasteiger partial charge in [-0.2, -0.15) is 0 Å². The minimum atomic E-state index is -4.32. The number of sulfonamides is 1. The first kappa shape index (κ1) is 14.5. The lowest BCUT2D eigenvalue weighted by Crippen LogP contribution is -2.16. The Morgan fingerprint density at radius 3 is 2.05 bits per heavy atom. The molecule has 0 saturated carbocycles. The van der Waals surface area contributed by atoms with Gasteiger partial charge in [-0.1, -0.05) is 0 Å². The number of nitrogens with zero attached hydrogens (tertiary/aromatic N) is 2. The Labute approximate surface area is 116 Å². The third-order valence-corrected chi connectivity index (χ3v) is 3.65. The summed E-state index contributed by atoms with van der Waals surface area (Å²) in [7, 11) is -4.32. The summed E-state index contributed by atoms with van der Waals surface area (Å²) in [5.41, 5.74) is -0.999. The standard InChI is InChI=1S/C10H5ClF3N3O2S/c11-10-15-3-6(4-16-10)20(18,19)17-9-7(13)1-5(12)2-8(9)14/h1-4,17H. The van der Waals surface area contributed by atoms with Crippen molar-refractivity contribution in [3.8, 4) is 0 Å². The van der Waals surface area contributed by atoms with Crippen LogP contribution in [0.25, 0.3) is 0 Å². The number of benzene rings is 1. The van der Waals surface area contributed by atoms with E-state index in [0.717, 1.165) is 12.4 Å². The van der Waals surface area contributed by atoms with E-state index in [-0.39, 0.29) is 5.28 Å². The zero-order valence-electron chi connectivity index (χ0n) is 9.44. The molecule has 0 radical (unpaired) electrons. The molecule has 1 aromatic carbocycles. The van der Waals surface area contributed by atoms with Crippen LogP contribution in [0.1, 0.15) is 0 Å². The molecule has 1 aromatic heterocycles. The van der Waals surface area contributed by atoms with Gasteiger partial charge in [-0.15, -0.1) is 0 Å². The molecule has 0 aliphatic carbocycles. The van der Waals surface area contributed by atoms with Crippen LogP contribution in [0.3, 0.4) is 0 Å². The summed E-state index contributed by atoms with van der Waals surface area (Å²) in [4.78, 5) is 6.41. The van der Waals surface area contributed by atoms with Gasteiger partial charge in [0.15, 0.2) is 11.6 Å². The summed E-state index contributed by atoms with van der Waals surface area (Å²) in [6.07, 6.45) is 1.72. The summed E-state index contributed by atoms with van der Waals surface area (Å²) in [5, 5.41) is -0.192. The average Bonchev–Trinajstić information content (AvgIpc) is 2.34. The van der Waals surface area contributed by atoms with E-state index in [1.54, 1.807) is 4.72 Å². The largest absolute Gasteiger partial charge is 0.274 e. The molecule has 20 heavy (non-hydrogen) atoms. The van der Waals surface area contributed by atoms with E-state index in [1.165, 1.54) is 0 Å². The highest BCUT2D eigenvalue weighted by Gasteiger charge is 2.21. The van der Waals surface area contributed by atoms with Gasteiger partial charge >= 0.3 is 0 Å². The summed E-state index contributed by atoms with van der Waals surface area (Å²) >= 11 is 5.39. The second-order valence-electron chi connectivity index (χ2n) is 3.54. The van der Waals surface area contributed by atoms with Crippen molar-refractivity contribution in [3.63, 3.8) is 0 Å². The smallest absolute Gasteiger partial charge is 0.265 e. The molecule has 0 bridgehead atoms. The molecule has 0 amide bonds. The van der Waals surface area contributed by atoms with Gasteiger partial charge in [0.25, 0.3) is 10.0 Å². The Kier molecular flexibility index (Phi) is 3.82. The van der Waals surface area contributed by atoms with Crippen LogP contribution in [0.2, 0.25) is 5.28 Å². The zero-order valence-corrected chi connectivity index (χ0v) is 11.0. The molecule has 10 heteroatoms. The van der Waals surface area contributed by atoms with Crippen molar-refractivity contribution in [2.75, 3.05) is 4.72 Å². The number of nitrogens with one attached hydrogen (secondary N) is 1. The predicted molar refractivity (Wildman–Crippen MR) is 64.2 cm³/mol. The van der Waals surface area contributed by atoms with Crippen molar-refractivity contribution >= 4 is 27.3 Å². The fourth-order valence-corrected chi connectivity index (χ4v) is 2.33. The molecule has 0 aliphatic heterocycles. The van der Waals surface area contributed by atoms with Crippen LogP contribution < -0.4 is 4.72 Å². The first-order valence-corrected chi connectivity index (χ1v) is 6.80. The molecular formula is C10H5ClF3N3O2S. The van der Waals surface area contributed by atoms with E-state index < -0.39 is 38.1 Å². The zero-order chi connectivity index (χ0) is 14.9. The molecule has 0 unspecified atom stereocenters. The van der Waals surface area contributed by atoms with E-state index in [1.807, 2.05) is 0 Å². The maximum atomic E-state index is 13.4. The lowest BCUT2D eigenvalue weighted by molar-refractivity contribution is 0.547. The Balaban J connectivity index is 2.41. The van der Waals surface area contributed by atoms with Crippen LogP contribution in [0.5, 0.6) is 0 Å². The van der Waals surface area contributed by atoms with Gasteiger partial charge in [-0.05, 0) is 11.6 Å². The minimum Gasteiger partial charge on any atom is -0.274 e. The molecule has 0 fully saturated rings. The second kappa shape index (κ2) is 5.25. The normalized spacial score (nSPS) is 11.4. The van der Waals surface area contributed by atoms with Gasteiger partial charge in [-0.3, -0.25) is 4.72 Å². The molecule has 0 atom stereocenters. The highest BCUT2D eigenvalue weighted by Crippen LogP contribution is 2.23. The monoisotopic (exact) mass is 323 g/mol. The van der Waals surface area contributed by atoms with Gasteiger partial charge in [0.05, 0.1) is 12.4 Å². The van der Waals surface area contributed by atoms with Gasteiger partial charge < -0.3 is 0 Å². The van der Waals surface area contributed by atoms with E-state index in [4.69, 9.17) is 11.6 Å². The molecule has 2 rings (SSSR count). The van der Waals surface area contributed by atoms with Crippen LogP contribution in [0, 0.1) is 17.5 Å². The second-order valence-corrected chi connectivity index (χ2v) is 5.56. The van der Waals surface area contributed by atoms with Crippen molar-refractivity contribution in [2.45, 2.75) is 4.90 Å². The Hall–Kier alpha value is -1.87. The summed E-state index contributed by atoms with van der Waals surface area (Å²) in [6.45, 7) is 0. The minimum absolute atomic E-state index is 0.192. The van der Waals surface area contributed by atoms with E-state index >= 15 is 0 Å². The topological polar surface area (TPSA) is 72.0 Å². The first-order valence-electron chi connectivity index (χ1n) is 4.94. The molecule has 1 N–H and O–H groups in total. The van der Waals surface area contributed by atoms with E-state index in [9.17, 15) is 21.6 Å². The highest BCUT2D eigenvalue weighted by molar-refractivity contribution is 7.92. The molecule has 106 valence electrons. The summed E-state index contributed by atoms with van der Waals surface area (Å²) in [5.74, 6) is -3.94. The fourth-order valence-electron chi connectivity index (χ4n) is 1.27. The molecule has 0 saturated heterocycles. The number of hydrogen-bond donors (Lipinski definition) is 1. The third-order valence-electron chi connectivity index (χ3n) is 2.15. The van der Waals surface area contributed by atoms with E-state index in [2.05, 4.69) is 9.97 Å². The molecule has 0 aliphatic rings. The number of aromatic nitrogens is 2. The highest BCUT2D eigenvalue weighted by atomic mass is 35.5. The summed E-state index contributed by atoms with van der Waals surface area (Å²) < 4.78 is 64.8. The molecule has 5 nitrogen and oxygen atoms in total. The maximum absolute atomic E-state index is 13.4. The molecule has 1 heterocycles. The van der Waals surface area contributed by atoms with Gasteiger partial charge in [0, 0.05) is 12.1 Å². The van der Waals surface area contributed by atoms with Crippen molar-refractivity contribution < 1.29 is 21.6 Å². The van der Waals surface area contributed by atoms with Crippen molar-refractivity contribution in [1.82, 2.24) is 9.97 Å². The molecule has 0 spiro atoms. The number of hydrogen-bond acceptors (Lipinski definition) is 4. The number of halogens is 4. The van der Waals surface area contributed by atoms with E-state index in [0.29, 0.717) is 12.1 Å². The predicted octanol–water partition coefficient (Wildman–Crippen LogP) is 2.35. The number of anilines is 1. The average molecular weight is 324 g/mol. The molecule has 2 aromatic rings. The van der Waals surface area contributed by atoms with Crippen molar-refractivity contribution in [1.29, 1.82) is 0 Å². The van der Waals surface area contributed by atoms with Crippen LogP contribution >= 0.6 is 11.6 Å². The Morgan fingerprint density at radius 2 is 1.55 bits per heavy atom. The maximum Gasteiger partial charge on any atom is 0.265 e. The quantitative estimate of drug-likeness (QED) is 0.880. The van der Waals surface area contributed by atoms with Crippen molar-refractivity contribution in [2.24, 2.45) is 0 Å². The van der Waals surface area contributed by atoms with Crippen LogP contribution in [-0.4, -0.2) is 18.4 Å². The fraction of sp³-hybridized carbons (Fsp3) is 0. The first-order chi connectivity index (χ1) is 9.29. The lowest BCUT2D eigenvalue weighted by atomic mass is 10.3.